The van der Waals surface area contributed by atoms with E-state index in [1.54, 1.807) is 19.2 Å². The fraction of sp³-hybridized carbons (Fsp3) is 0.278. The van der Waals surface area contributed by atoms with Gasteiger partial charge in [0.15, 0.2) is 6.61 Å². The summed E-state index contributed by atoms with van der Waals surface area (Å²) in [5.41, 5.74) is 0.491. The molecule has 0 unspecified atom stereocenters. The van der Waals surface area contributed by atoms with Crippen LogP contribution in [0.2, 0.25) is 0 Å². The number of amides is 1. The lowest BCUT2D eigenvalue weighted by Crippen LogP contribution is -2.25. The standard InChI is InChI=1S/C18H22N2O5S/c1-24-13-5-12-19-26(22,23)17-10-8-15(9-11-17)20-18(21)14-25-16-6-3-2-4-7-16/h2-4,6-11,19H,5,12-14H2,1H3,(H,20,21). The van der Waals surface area contributed by atoms with E-state index in [9.17, 15) is 13.2 Å². The molecule has 0 heterocycles. The zero-order chi connectivity index (χ0) is 18.8. The number of rotatable bonds is 10. The molecule has 8 heteroatoms. The maximum absolute atomic E-state index is 12.1. The number of para-hydroxylation sites is 1. The molecule has 2 aromatic carbocycles. The van der Waals surface area contributed by atoms with Crippen molar-refractivity contribution in [3.63, 3.8) is 0 Å². The van der Waals surface area contributed by atoms with Gasteiger partial charge in [-0.2, -0.15) is 0 Å². The van der Waals surface area contributed by atoms with Crippen LogP contribution in [0.1, 0.15) is 6.42 Å². The molecule has 140 valence electrons. The van der Waals surface area contributed by atoms with Gasteiger partial charge in [-0.25, -0.2) is 13.1 Å². The van der Waals surface area contributed by atoms with Gasteiger partial charge in [-0.15, -0.1) is 0 Å². The first-order valence-electron chi connectivity index (χ1n) is 8.07. The molecule has 2 N–H and O–H groups in total. The first-order valence-corrected chi connectivity index (χ1v) is 9.56. The van der Waals surface area contributed by atoms with Crippen molar-refractivity contribution >= 4 is 21.6 Å². The molecule has 0 bridgehead atoms. The van der Waals surface area contributed by atoms with Crippen LogP contribution in [0.4, 0.5) is 5.69 Å². The van der Waals surface area contributed by atoms with Gasteiger partial charge < -0.3 is 14.8 Å². The lowest BCUT2D eigenvalue weighted by Gasteiger charge is -2.09. The Hall–Kier alpha value is -2.42. The summed E-state index contributed by atoms with van der Waals surface area (Å²) >= 11 is 0. The Balaban J connectivity index is 1.85. The second-order valence-corrected chi connectivity index (χ2v) is 7.19. The highest BCUT2D eigenvalue weighted by molar-refractivity contribution is 7.89. The summed E-state index contributed by atoms with van der Waals surface area (Å²) in [6.45, 7) is 0.648. The van der Waals surface area contributed by atoms with Crippen molar-refractivity contribution in [3.05, 3.63) is 54.6 Å². The third-order valence-corrected chi connectivity index (χ3v) is 4.86. The topological polar surface area (TPSA) is 93.7 Å². The van der Waals surface area contributed by atoms with E-state index in [0.717, 1.165) is 0 Å². The van der Waals surface area contributed by atoms with E-state index < -0.39 is 10.0 Å². The quantitative estimate of drug-likeness (QED) is 0.617. The van der Waals surface area contributed by atoms with Crippen LogP contribution in [0.25, 0.3) is 0 Å². The highest BCUT2D eigenvalue weighted by atomic mass is 32.2. The van der Waals surface area contributed by atoms with Gasteiger partial charge >= 0.3 is 0 Å². The number of hydrogen-bond acceptors (Lipinski definition) is 5. The zero-order valence-corrected chi connectivity index (χ0v) is 15.3. The molecule has 0 atom stereocenters. The van der Waals surface area contributed by atoms with Gasteiger partial charge in [0.1, 0.15) is 5.75 Å². The van der Waals surface area contributed by atoms with Crippen LogP contribution in [0, 0.1) is 0 Å². The van der Waals surface area contributed by atoms with E-state index in [4.69, 9.17) is 9.47 Å². The number of sulfonamides is 1. The molecule has 0 aromatic heterocycles. The summed E-state index contributed by atoms with van der Waals surface area (Å²) in [6.07, 6.45) is 0.589. The van der Waals surface area contributed by atoms with Crippen LogP contribution >= 0.6 is 0 Å². The maximum Gasteiger partial charge on any atom is 0.262 e. The van der Waals surface area contributed by atoms with E-state index in [-0.39, 0.29) is 17.4 Å². The molecule has 7 nitrogen and oxygen atoms in total. The van der Waals surface area contributed by atoms with Crippen molar-refractivity contribution in [2.24, 2.45) is 0 Å². The molecule has 1 amide bonds. The number of methoxy groups -OCH3 is 1. The van der Waals surface area contributed by atoms with Crippen LogP contribution < -0.4 is 14.8 Å². The van der Waals surface area contributed by atoms with E-state index >= 15 is 0 Å². The molecule has 0 spiro atoms. The van der Waals surface area contributed by atoms with Crippen LogP contribution in [-0.4, -0.2) is 41.2 Å². The third-order valence-electron chi connectivity index (χ3n) is 3.38. The molecule has 0 aliphatic heterocycles. The Morgan fingerprint density at radius 2 is 1.73 bits per heavy atom. The molecule has 2 rings (SSSR count). The maximum atomic E-state index is 12.1. The Morgan fingerprint density at radius 3 is 2.38 bits per heavy atom. The third kappa shape index (κ3) is 6.47. The van der Waals surface area contributed by atoms with E-state index in [0.29, 0.717) is 31.0 Å². The Bertz CT molecular complexity index is 792. The molecule has 0 radical (unpaired) electrons. The fourth-order valence-corrected chi connectivity index (χ4v) is 3.16. The highest BCUT2D eigenvalue weighted by Gasteiger charge is 2.13. The summed E-state index contributed by atoms with van der Waals surface area (Å²) < 4.78 is 37.0. The zero-order valence-electron chi connectivity index (χ0n) is 14.5. The number of nitrogens with one attached hydrogen (secondary N) is 2. The van der Waals surface area contributed by atoms with Crippen molar-refractivity contribution in [1.82, 2.24) is 4.72 Å². The Kier molecular flexibility index (Phi) is 7.58. The fourth-order valence-electron chi connectivity index (χ4n) is 2.09. The van der Waals surface area contributed by atoms with E-state index in [1.807, 2.05) is 18.2 Å². The van der Waals surface area contributed by atoms with Crippen LogP contribution in [-0.2, 0) is 19.6 Å². The SMILES string of the molecule is COCCCNS(=O)(=O)c1ccc(NC(=O)COc2ccccc2)cc1. The summed E-state index contributed by atoms with van der Waals surface area (Å²) in [5.74, 6) is 0.269. The largest absolute Gasteiger partial charge is 0.484 e. The number of anilines is 1. The molecular formula is C18H22N2O5S. The Labute approximate surface area is 153 Å². The van der Waals surface area contributed by atoms with Gasteiger partial charge in [-0.3, -0.25) is 4.79 Å². The summed E-state index contributed by atoms with van der Waals surface area (Å²) in [4.78, 5) is 12.0. The summed E-state index contributed by atoms with van der Waals surface area (Å²) in [6, 6.07) is 14.9. The summed E-state index contributed by atoms with van der Waals surface area (Å²) in [5, 5.41) is 2.66. The van der Waals surface area contributed by atoms with Gasteiger partial charge in [0.2, 0.25) is 10.0 Å². The molecule has 0 saturated heterocycles. The minimum atomic E-state index is -3.58. The van der Waals surface area contributed by atoms with E-state index in [2.05, 4.69) is 10.0 Å². The molecule has 0 aliphatic rings. The lowest BCUT2D eigenvalue weighted by atomic mass is 10.3. The van der Waals surface area contributed by atoms with Crippen LogP contribution in [0.3, 0.4) is 0 Å². The van der Waals surface area contributed by atoms with Gasteiger partial charge in [-0.05, 0) is 42.8 Å². The highest BCUT2D eigenvalue weighted by Crippen LogP contribution is 2.14. The number of benzene rings is 2. The average Bonchev–Trinajstić information content (AvgIpc) is 2.65. The Morgan fingerprint density at radius 1 is 1.04 bits per heavy atom. The van der Waals surface area contributed by atoms with Crippen molar-refractivity contribution in [1.29, 1.82) is 0 Å². The molecule has 26 heavy (non-hydrogen) atoms. The predicted molar refractivity (Wildman–Crippen MR) is 98.7 cm³/mol. The minimum absolute atomic E-state index is 0.133. The van der Waals surface area contributed by atoms with Gasteiger partial charge in [-0.1, -0.05) is 18.2 Å². The van der Waals surface area contributed by atoms with Crippen LogP contribution in [0.15, 0.2) is 59.5 Å². The second-order valence-electron chi connectivity index (χ2n) is 5.42. The van der Waals surface area contributed by atoms with Crippen molar-refractivity contribution < 1.29 is 22.7 Å². The second kappa shape index (κ2) is 9.91. The smallest absolute Gasteiger partial charge is 0.262 e. The minimum Gasteiger partial charge on any atom is -0.484 e. The van der Waals surface area contributed by atoms with Crippen molar-refractivity contribution in [2.45, 2.75) is 11.3 Å². The predicted octanol–water partition coefficient (Wildman–Crippen LogP) is 2.02. The first-order chi connectivity index (χ1) is 12.5. The number of ether oxygens (including phenoxy) is 2. The molecule has 0 aliphatic carbocycles. The molecule has 0 saturated carbocycles. The molecule has 2 aromatic rings. The average molecular weight is 378 g/mol. The normalized spacial score (nSPS) is 11.1. The number of carbonyl (C=O) groups excluding carboxylic acids is 1. The van der Waals surface area contributed by atoms with Crippen molar-refractivity contribution in [3.8, 4) is 5.75 Å². The van der Waals surface area contributed by atoms with Crippen LogP contribution in [0.5, 0.6) is 5.75 Å². The molecular weight excluding hydrogens is 356 g/mol. The van der Waals surface area contributed by atoms with Gasteiger partial charge in [0.25, 0.3) is 5.91 Å². The monoisotopic (exact) mass is 378 g/mol. The van der Waals surface area contributed by atoms with E-state index in [1.165, 1.54) is 24.3 Å². The van der Waals surface area contributed by atoms with Gasteiger partial charge in [0, 0.05) is 25.9 Å². The number of hydrogen-bond donors (Lipinski definition) is 2. The first kappa shape index (κ1) is 19.9. The van der Waals surface area contributed by atoms with Crippen molar-refractivity contribution in [2.75, 3.05) is 32.2 Å². The van der Waals surface area contributed by atoms with Gasteiger partial charge in [0.05, 0.1) is 4.90 Å². The summed E-state index contributed by atoms with van der Waals surface area (Å²) in [7, 11) is -2.01. The lowest BCUT2D eigenvalue weighted by molar-refractivity contribution is -0.118. The molecule has 0 fully saturated rings. The number of carbonyl (C=O) groups is 1.